The first-order valence-corrected chi connectivity index (χ1v) is 8.28. The van der Waals surface area contributed by atoms with Crippen molar-refractivity contribution in [3.8, 4) is 11.5 Å². The Labute approximate surface area is 157 Å². The molecule has 1 atom stereocenters. The Balaban J connectivity index is 1.96. The summed E-state index contributed by atoms with van der Waals surface area (Å²) in [6, 6.07) is 6.95. The van der Waals surface area contributed by atoms with E-state index in [1.165, 1.54) is 18.2 Å². The molecule has 1 unspecified atom stereocenters. The minimum Gasteiger partial charge on any atom is -0.530 e. The molecule has 148 valence electrons. The number of carbonyl (C=O) groups excluding carboxylic acids is 1. The number of likely N-dealkylation sites (tertiary alicyclic amines) is 1. The van der Waals surface area contributed by atoms with Gasteiger partial charge in [-0.2, -0.15) is 13.2 Å². The fourth-order valence-electron chi connectivity index (χ4n) is 3.15. The summed E-state index contributed by atoms with van der Waals surface area (Å²) >= 11 is 0. The van der Waals surface area contributed by atoms with Gasteiger partial charge in [-0.1, -0.05) is 0 Å². The van der Waals surface area contributed by atoms with Gasteiger partial charge in [-0.05, 0) is 43.2 Å². The number of alkyl halides is 3. The molecule has 1 amide bonds. The number of nitro benzene ring substituents is 1. The molecule has 1 heterocycles. The minimum atomic E-state index is -4.49. The van der Waals surface area contributed by atoms with Crippen LogP contribution >= 0.6 is 0 Å². The first kappa shape index (κ1) is 19.5. The van der Waals surface area contributed by atoms with Crippen LogP contribution in [0.25, 0.3) is 0 Å². The highest BCUT2D eigenvalue weighted by Gasteiger charge is 2.31. The number of ether oxygens (including phenoxy) is 1. The average molecular weight is 395 g/mol. The second kappa shape index (κ2) is 7.37. The van der Waals surface area contributed by atoms with Crippen molar-refractivity contribution >= 4 is 11.8 Å². The molecule has 3 rings (SSSR count). The number of benzene rings is 2. The largest absolute Gasteiger partial charge is 0.530 e. The van der Waals surface area contributed by atoms with Crippen LogP contribution in [0.5, 0.6) is 11.5 Å². The first-order valence-electron chi connectivity index (χ1n) is 8.28. The smallest absolute Gasteiger partial charge is 0.416 e. The number of carboxylic acid groups (broad SMARTS) is 1. The van der Waals surface area contributed by atoms with Gasteiger partial charge < -0.3 is 19.5 Å². The molecule has 10 heteroatoms. The predicted octanol–water partition coefficient (Wildman–Crippen LogP) is 3.89. The standard InChI is InChI=1S/C18H15F3N2O5/c19-18(20,21)11-3-6-13(7-4-11)28-16-8-5-12(23(26)27)10-14(16)15-2-1-9-22(15)17(24)25/h3-8,10,15H,1-2,9H2,(H,24,25)/p-1. The molecular formula is C18H14F3N2O5-. The molecule has 1 aliphatic rings. The fraction of sp³-hybridized carbons (Fsp3) is 0.278. The predicted molar refractivity (Wildman–Crippen MR) is 88.7 cm³/mol. The number of nitro groups is 1. The van der Waals surface area contributed by atoms with Gasteiger partial charge in [0.25, 0.3) is 5.69 Å². The number of hydrogen-bond acceptors (Lipinski definition) is 5. The SMILES string of the molecule is O=C([O-])N1CCCC1c1cc([N+](=O)[O-])ccc1Oc1ccc(C(F)(F)F)cc1. The van der Waals surface area contributed by atoms with Crippen molar-refractivity contribution in [2.24, 2.45) is 0 Å². The van der Waals surface area contributed by atoms with E-state index >= 15 is 0 Å². The molecule has 7 nitrogen and oxygen atoms in total. The lowest BCUT2D eigenvalue weighted by Crippen LogP contribution is -2.40. The maximum absolute atomic E-state index is 12.7. The third kappa shape index (κ3) is 4.00. The summed E-state index contributed by atoms with van der Waals surface area (Å²) in [5, 5.41) is 22.4. The summed E-state index contributed by atoms with van der Waals surface area (Å²) in [6.45, 7) is 0.218. The number of nitrogens with zero attached hydrogens (tertiary/aromatic N) is 2. The third-order valence-electron chi connectivity index (χ3n) is 4.46. The summed E-state index contributed by atoms with van der Waals surface area (Å²) in [7, 11) is 0. The van der Waals surface area contributed by atoms with Crippen LogP contribution in [-0.2, 0) is 6.18 Å². The Kier molecular flexibility index (Phi) is 5.12. The zero-order chi connectivity index (χ0) is 20.5. The van der Waals surface area contributed by atoms with Gasteiger partial charge >= 0.3 is 6.18 Å². The van der Waals surface area contributed by atoms with E-state index in [-0.39, 0.29) is 29.3 Å². The van der Waals surface area contributed by atoms with Crippen LogP contribution < -0.4 is 9.84 Å². The van der Waals surface area contributed by atoms with Crippen LogP contribution in [0.3, 0.4) is 0 Å². The molecule has 1 fully saturated rings. The third-order valence-corrected chi connectivity index (χ3v) is 4.46. The summed E-state index contributed by atoms with van der Waals surface area (Å²) in [5.41, 5.74) is -0.835. The van der Waals surface area contributed by atoms with Crippen LogP contribution in [0.1, 0.15) is 30.0 Å². The van der Waals surface area contributed by atoms with Crippen molar-refractivity contribution in [1.82, 2.24) is 4.90 Å². The molecule has 0 aliphatic carbocycles. The van der Waals surface area contributed by atoms with E-state index in [0.717, 1.165) is 29.2 Å². The Bertz CT molecular complexity index is 899. The van der Waals surface area contributed by atoms with Gasteiger partial charge in [-0.25, -0.2) is 0 Å². The van der Waals surface area contributed by atoms with Gasteiger partial charge in [0, 0.05) is 24.2 Å². The van der Waals surface area contributed by atoms with Gasteiger partial charge in [0.2, 0.25) is 0 Å². The van der Waals surface area contributed by atoms with Crippen LogP contribution in [0.2, 0.25) is 0 Å². The highest BCUT2D eigenvalue weighted by Crippen LogP contribution is 2.40. The topological polar surface area (TPSA) is 95.7 Å². The van der Waals surface area contributed by atoms with Crippen LogP contribution in [-0.4, -0.2) is 22.5 Å². The molecule has 1 aliphatic heterocycles. The number of non-ortho nitro benzene ring substituents is 1. The summed E-state index contributed by atoms with van der Waals surface area (Å²) < 4.78 is 43.7. The second-order valence-electron chi connectivity index (χ2n) is 6.22. The van der Waals surface area contributed by atoms with Crippen LogP contribution in [0, 0.1) is 10.1 Å². The van der Waals surface area contributed by atoms with Gasteiger partial charge in [0.1, 0.15) is 17.6 Å². The van der Waals surface area contributed by atoms with Gasteiger partial charge in [-0.15, -0.1) is 0 Å². The number of carbonyl (C=O) groups is 1. The normalized spacial score (nSPS) is 16.8. The van der Waals surface area contributed by atoms with Crippen molar-refractivity contribution in [2.75, 3.05) is 6.54 Å². The number of halogens is 3. The number of amides is 1. The van der Waals surface area contributed by atoms with Crippen molar-refractivity contribution < 1.29 is 32.7 Å². The lowest BCUT2D eigenvalue weighted by Gasteiger charge is -2.28. The molecule has 0 aromatic heterocycles. The van der Waals surface area contributed by atoms with E-state index in [1.54, 1.807) is 0 Å². The summed E-state index contributed by atoms with van der Waals surface area (Å²) in [6.07, 6.45) is -4.94. The molecule has 2 aromatic carbocycles. The maximum atomic E-state index is 12.7. The van der Waals surface area contributed by atoms with Gasteiger partial charge in [-0.3, -0.25) is 10.1 Å². The Morgan fingerprint density at radius 1 is 1.18 bits per heavy atom. The summed E-state index contributed by atoms with van der Waals surface area (Å²) in [5.74, 6) is 0.213. The van der Waals surface area contributed by atoms with Crippen molar-refractivity contribution in [2.45, 2.75) is 25.1 Å². The lowest BCUT2D eigenvalue weighted by molar-refractivity contribution is -0.385. The number of rotatable bonds is 4. The monoisotopic (exact) mass is 395 g/mol. The Morgan fingerprint density at radius 3 is 2.43 bits per heavy atom. The van der Waals surface area contributed by atoms with E-state index in [4.69, 9.17) is 4.74 Å². The quantitative estimate of drug-likeness (QED) is 0.578. The van der Waals surface area contributed by atoms with E-state index in [9.17, 15) is 33.2 Å². The highest BCUT2D eigenvalue weighted by atomic mass is 19.4. The molecule has 0 bridgehead atoms. The van der Waals surface area contributed by atoms with E-state index in [2.05, 4.69) is 0 Å². The Hall–Kier alpha value is -3.30. The van der Waals surface area contributed by atoms with Gasteiger partial charge in [0.15, 0.2) is 0 Å². The van der Waals surface area contributed by atoms with Crippen molar-refractivity contribution in [3.05, 3.63) is 63.7 Å². The molecule has 0 spiro atoms. The second-order valence-corrected chi connectivity index (χ2v) is 6.22. The average Bonchev–Trinajstić information content (AvgIpc) is 3.11. The zero-order valence-electron chi connectivity index (χ0n) is 14.3. The van der Waals surface area contributed by atoms with Gasteiger partial charge in [0.05, 0.1) is 16.5 Å². The van der Waals surface area contributed by atoms with E-state index in [0.29, 0.717) is 12.8 Å². The molecule has 2 aromatic rings. The van der Waals surface area contributed by atoms with Crippen LogP contribution in [0.15, 0.2) is 42.5 Å². The van der Waals surface area contributed by atoms with E-state index < -0.39 is 28.8 Å². The molecule has 0 N–H and O–H groups in total. The fourth-order valence-corrected chi connectivity index (χ4v) is 3.15. The molecule has 1 saturated heterocycles. The van der Waals surface area contributed by atoms with E-state index in [1.807, 2.05) is 0 Å². The van der Waals surface area contributed by atoms with Crippen LogP contribution in [0.4, 0.5) is 23.7 Å². The molecule has 0 radical (unpaired) electrons. The zero-order valence-corrected chi connectivity index (χ0v) is 14.3. The first-order chi connectivity index (χ1) is 13.2. The highest BCUT2D eigenvalue weighted by molar-refractivity contribution is 5.64. The summed E-state index contributed by atoms with van der Waals surface area (Å²) in [4.78, 5) is 22.9. The van der Waals surface area contributed by atoms with Crippen molar-refractivity contribution in [1.29, 1.82) is 0 Å². The molecular weight excluding hydrogens is 381 g/mol. The van der Waals surface area contributed by atoms with Crippen molar-refractivity contribution in [3.63, 3.8) is 0 Å². The molecule has 0 saturated carbocycles. The maximum Gasteiger partial charge on any atom is 0.416 e. The minimum absolute atomic E-state index is 0.0844. The number of hydrogen-bond donors (Lipinski definition) is 0. The Morgan fingerprint density at radius 2 is 1.86 bits per heavy atom. The lowest BCUT2D eigenvalue weighted by atomic mass is 10.0. The molecule has 28 heavy (non-hydrogen) atoms.